The summed E-state index contributed by atoms with van der Waals surface area (Å²) >= 11 is 0. The number of pyridine rings is 1. The molecule has 0 aliphatic carbocycles. The average molecular weight is 266 g/mol. The number of aliphatic carboxylic acids is 1. The Morgan fingerprint density at radius 2 is 1.90 bits per heavy atom. The first-order valence-corrected chi connectivity index (χ1v) is 6.47. The van der Waals surface area contributed by atoms with E-state index in [0.29, 0.717) is 6.42 Å². The van der Waals surface area contributed by atoms with Crippen molar-refractivity contribution in [1.29, 1.82) is 0 Å². The fourth-order valence-electron chi connectivity index (χ4n) is 2.25. The summed E-state index contributed by atoms with van der Waals surface area (Å²) in [5.41, 5.74) is 3.20. The molecule has 2 heterocycles. The van der Waals surface area contributed by atoms with E-state index >= 15 is 0 Å². The van der Waals surface area contributed by atoms with Gasteiger partial charge in [-0.25, -0.2) is 4.98 Å². The molecule has 20 heavy (non-hydrogen) atoms. The first-order valence-electron chi connectivity index (χ1n) is 6.47. The Kier molecular flexibility index (Phi) is 3.21. The third kappa shape index (κ3) is 2.40. The van der Waals surface area contributed by atoms with E-state index in [1.165, 1.54) is 0 Å². The van der Waals surface area contributed by atoms with Crippen LogP contribution >= 0.6 is 0 Å². The number of hydrogen-bond donors (Lipinski definition) is 1. The topological polar surface area (TPSA) is 54.6 Å². The monoisotopic (exact) mass is 266 g/mol. The molecule has 4 heteroatoms. The molecular weight excluding hydrogens is 252 g/mol. The number of aryl methyl sites for hydroxylation is 1. The Bertz CT molecular complexity index is 748. The number of hydrogen-bond acceptors (Lipinski definition) is 2. The summed E-state index contributed by atoms with van der Waals surface area (Å²) in [5, 5.41) is 8.78. The highest BCUT2D eigenvalue weighted by Crippen LogP contribution is 2.20. The van der Waals surface area contributed by atoms with Gasteiger partial charge in [-0.2, -0.15) is 0 Å². The molecule has 0 atom stereocenters. The van der Waals surface area contributed by atoms with E-state index < -0.39 is 5.97 Å². The number of fused-ring (bicyclic) bond motifs is 1. The molecule has 1 N–H and O–H groups in total. The lowest BCUT2D eigenvalue weighted by molar-refractivity contribution is -0.137. The van der Waals surface area contributed by atoms with Gasteiger partial charge in [0.25, 0.3) is 0 Å². The molecule has 0 radical (unpaired) electrons. The number of rotatable bonds is 4. The molecule has 4 nitrogen and oxygen atoms in total. The number of carboxylic acid groups (broad SMARTS) is 1. The van der Waals surface area contributed by atoms with Gasteiger partial charge in [0, 0.05) is 12.6 Å². The van der Waals surface area contributed by atoms with Gasteiger partial charge in [-0.3, -0.25) is 4.79 Å². The van der Waals surface area contributed by atoms with E-state index in [0.717, 1.165) is 22.5 Å². The van der Waals surface area contributed by atoms with Gasteiger partial charge in [-0.05, 0) is 17.2 Å². The first kappa shape index (κ1) is 12.4. The Morgan fingerprint density at radius 1 is 1.10 bits per heavy atom. The summed E-state index contributed by atoms with van der Waals surface area (Å²) in [6, 6.07) is 14.1. The lowest BCUT2D eigenvalue weighted by Crippen LogP contribution is -2.01. The minimum absolute atomic E-state index is 0.0919. The molecule has 100 valence electrons. The van der Waals surface area contributed by atoms with Crippen molar-refractivity contribution in [2.45, 2.75) is 12.8 Å². The van der Waals surface area contributed by atoms with Crippen LogP contribution in [0.1, 0.15) is 12.2 Å². The van der Waals surface area contributed by atoms with Crippen molar-refractivity contribution in [2.24, 2.45) is 0 Å². The van der Waals surface area contributed by atoms with Crippen LogP contribution in [-0.2, 0) is 11.2 Å². The van der Waals surface area contributed by atoms with E-state index in [4.69, 9.17) is 5.11 Å². The lowest BCUT2D eigenvalue weighted by atomic mass is 10.1. The van der Waals surface area contributed by atoms with Crippen molar-refractivity contribution in [2.75, 3.05) is 0 Å². The minimum atomic E-state index is -0.805. The summed E-state index contributed by atoms with van der Waals surface area (Å²) < 4.78 is 1.96. The predicted octanol–water partition coefficient (Wildman–Crippen LogP) is 3.02. The second kappa shape index (κ2) is 5.17. The molecule has 2 aromatic heterocycles. The highest BCUT2D eigenvalue weighted by molar-refractivity contribution is 5.67. The zero-order valence-electron chi connectivity index (χ0n) is 10.9. The van der Waals surface area contributed by atoms with E-state index in [2.05, 4.69) is 17.1 Å². The van der Waals surface area contributed by atoms with Crippen LogP contribution in [0.3, 0.4) is 0 Å². The van der Waals surface area contributed by atoms with Crippen LogP contribution in [0, 0.1) is 0 Å². The van der Waals surface area contributed by atoms with Crippen molar-refractivity contribution < 1.29 is 9.90 Å². The van der Waals surface area contributed by atoms with Gasteiger partial charge in [-0.1, -0.05) is 36.4 Å². The molecule has 3 aromatic rings. The summed E-state index contributed by atoms with van der Waals surface area (Å²) in [6.07, 6.45) is 4.30. The molecule has 0 saturated carbocycles. The fraction of sp³-hybridized carbons (Fsp3) is 0.125. The van der Waals surface area contributed by atoms with E-state index in [9.17, 15) is 4.79 Å². The van der Waals surface area contributed by atoms with Gasteiger partial charge in [-0.15, -0.1) is 0 Å². The molecule has 0 aliphatic rings. The molecule has 1 aromatic carbocycles. The van der Waals surface area contributed by atoms with Crippen molar-refractivity contribution >= 4 is 11.5 Å². The quantitative estimate of drug-likeness (QED) is 0.789. The number of imidazole rings is 1. The molecule has 0 unspecified atom stereocenters. The predicted molar refractivity (Wildman–Crippen MR) is 76.6 cm³/mol. The number of carbonyl (C=O) groups is 1. The Hall–Kier alpha value is -2.62. The van der Waals surface area contributed by atoms with Crippen LogP contribution in [-0.4, -0.2) is 20.5 Å². The summed E-state index contributed by atoms with van der Waals surface area (Å²) in [7, 11) is 0. The lowest BCUT2D eigenvalue weighted by Gasteiger charge is -2.05. The molecule has 0 fully saturated rings. The average Bonchev–Trinajstić information content (AvgIpc) is 2.88. The van der Waals surface area contributed by atoms with Crippen LogP contribution in [0.2, 0.25) is 0 Å². The van der Waals surface area contributed by atoms with Gasteiger partial charge in [0.1, 0.15) is 5.82 Å². The Labute approximate surface area is 116 Å². The second-order valence-corrected chi connectivity index (χ2v) is 4.65. The van der Waals surface area contributed by atoms with Gasteiger partial charge in [0.05, 0.1) is 18.1 Å². The second-order valence-electron chi connectivity index (χ2n) is 4.65. The SMILES string of the molecule is O=C(O)CCc1ncc2ccc(-c3ccccc3)cn12. The number of aromatic nitrogens is 2. The Balaban J connectivity index is 2.01. The van der Waals surface area contributed by atoms with Crippen molar-refractivity contribution in [3.63, 3.8) is 0 Å². The normalized spacial score (nSPS) is 10.8. The van der Waals surface area contributed by atoms with Crippen molar-refractivity contribution in [3.05, 3.63) is 60.7 Å². The summed E-state index contributed by atoms with van der Waals surface area (Å²) in [6.45, 7) is 0. The van der Waals surface area contributed by atoms with E-state index in [1.807, 2.05) is 40.9 Å². The number of nitrogens with zero attached hydrogens (tertiary/aromatic N) is 2. The van der Waals surface area contributed by atoms with E-state index in [-0.39, 0.29) is 6.42 Å². The fourth-order valence-corrected chi connectivity index (χ4v) is 2.25. The van der Waals surface area contributed by atoms with Gasteiger partial charge in [0.15, 0.2) is 0 Å². The van der Waals surface area contributed by atoms with Crippen LogP contribution in [0.4, 0.5) is 0 Å². The van der Waals surface area contributed by atoms with Crippen LogP contribution in [0.5, 0.6) is 0 Å². The molecule has 0 aliphatic heterocycles. The maximum absolute atomic E-state index is 10.7. The maximum atomic E-state index is 10.7. The van der Waals surface area contributed by atoms with Crippen LogP contribution in [0.25, 0.3) is 16.6 Å². The maximum Gasteiger partial charge on any atom is 0.303 e. The minimum Gasteiger partial charge on any atom is -0.481 e. The molecule has 0 bridgehead atoms. The summed E-state index contributed by atoms with van der Waals surface area (Å²) in [4.78, 5) is 15.0. The molecule has 0 saturated heterocycles. The molecule has 0 spiro atoms. The van der Waals surface area contributed by atoms with Crippen LogP contribution < -0.4 is 0 Å². The zero-order valence-corrected chi connectivity index (χ0v) is 10.9. The van der Waals surface area contributed by atoms with Crippen molar-refractivity contribution in [3.8, 4) is 11.1 Å². The highest BCUT2D eigenvalue weighted by atomic mass is 16.4. The number of benzene rings is 1. The van der Waals surface area contributed by atoms with E-state index in [1.54, 1.807) is 6.20 Å². The Morgan fingerprint density at radius 3 is 2.65 bits per heavy atom. The smallest absolute Gasteiger partial charge is 0.303 e. The van der Waals surface area contributed by atoms with Crippen molar-refractivity contribution in [1.82, 2.24) is 9.38 Å². The number of carboxylic acids is 1. The third-order valence-corrected chi connectivity index (χ3v) is 3.27. The largest absolute Gasteiger partial charge is 0.481 e. The highest BCUT2D eigenvalue weighted by Gasteiger charge is 2.07. The molecule has 3 rings (SSSR count). The first-order chi connectivity index (χ1) is 9.74. The molecular formula is C16H14N2O2. The van der Waals surface area contributed by atoms with Crippen LogP contribution in [0.15, 0.2) is 54.9 Å². The molecule has 0 amide bonds. The van der Waals surface area contributed by atoms with Gasteiger partial charge < -0.3 is 9.51 Å². The standard InChI is InChI=1S/C16H14N2O2/c19-16(20)9-8-15-17-10-14-7-6-13(11-18(14)15)12-4-2-1-3-5-12/h1-7,10-11H,8-9H2,(H,19,20). The van der Waals surface area contributed by atoms with Gasteiger partial charge in [0.2, 0.25) is 0 Å². The zero-order chi connectivity index (χ0) is 13.9. The third-order valence-electron chi connectivity index (χ3n) is 3.27. The van der Waals surface area contributed by atoms with Gasteiger partial charge >= 0.3 is 5.97 Å². The summed E-state index contributed by atoms with van der Waals surface area (Å²) in [5.74, 6) is -0.0267.